The normalized spacial score (nSPS) is 12.0. The minimum absolute atomic E-state index is 0.0623. The molecule has 0 radical (unpaired) electrons. The zero-order valence-corrected chi connectivity index (χ0v) is 27.3. The number of hydrogen-bond acceptors (Lipinski definition) is 11. The van der Waals surface area contributed by atoms with E-state index in [2.05, 4.69) is 34.7 Å². The molecule has 0 aliphatic rings. The summed E-state index contributed by atoms with van der Waals surface area (Å²) in [6, 6.07) is 4.83. The van der Waals surface area contributed by atoms with Gasteiger partial charge in [-0.3, -0.25) is 0 Å². The lowest BCUT2D eigenvalue weighted by Crippen LogP contribution is -2.23. The van der Waals surface area contributed by atoms with E-state index in [4.69, 9.17) is 42.1 Å². The molecule has 11 nitrogen and oxygen atoms in total. The Kier molecular flexibility index (Phi) is 18.0. The van der Waals surface area contributed by atoms with E-state index in [-0.39, 0.29) is 34.9 Å². The van der Waals surface area contributed by atoms with Gasteiger partial charge in [0.05, 0.1) is 18.8 Å². The fraction of sp³-hybridized carbons (Fsp3) is 0.455. The predicted octanol–water partition coefficient (Wildman–Crippen LogP) is 7.15. The minimum atomic E-state index is -0.540. The summed E-state index contributed by atoms with van der Waals surface area (Å²) in [5.41, 5.74) is 0.361. The monoisotopic (exact) mass is 677 g/mol. The van der Waals surface area contributed by atoms with Crippen molar-refractivity contribution >= 4 is 41.1 Å². The Morgan fingerprint density at radius 2 is 1.26 bits per heavy atom. The Labute approximate surface area is 279 Å². The molecule has 2 aromatic rings. The van der Waals surface area contributed by atoms with Crippen LogP contribution in [0, 0.1) is 0 Å². The third-order valence-corrected chi connectivity index (χ3v) is 7.11. The molecule has 0 amide bonds. The second kappa shape index (κ2) is 21.7. The molecule has 13 heteroatoms. The number of aromatic nitrogens is 3. The third kappa shape index (κ3) is 15.4. The number of esters is 3. The van der Waals surface area contributed by atoms with Gasteiger partial charge in [0.2, 0.25) is 10.6 Å². The number of ether oxygens (including phenoxy) is 4. The van der Waals surface area contributed by atoms with Crippen molar-refractivity contribution in [1.82, 2.24) is 15.0 Å². The highest BCUT2D eigenvalue weighted by Crippen LogP contribution is 2.31. The second-order valence-corrected chi connectivity index (χ2v) is 10.9. The zero-order valence-electron chi connectivity index (χ0n) is 25.8. The Morgan fingerprint density at radius 1 is 0.717 bits per heavy atom. The average molecular weight is 679 g/mol. The van der Waals surface area contributed by atoms with Crippen LogP contribution < -0.4 is 4.74 Å². The maximum absolute atomic E-state index is 11.9. The molecule has 0 aliphatic carbocycles. The first-order chi connectivity index (χ1) is 22.1. The Bertz CT molecular complexity index is 1300. The van der Waals surface area contributed by atoms with Crippen LogP contribution in [0.1, 0.15) is 70.6 Å². The average Bonchev–Trinajstić information content (AvgIpc) is 3.03. The molecule has 0 bridgehead atoms. The van der Waals surface area contributed by atoms with E-state index in [0.717, 1.165) is 56.8 Å². The lowest BCUT2D eigenvalue weighted by atomic mass is 10.0. The molecule has 0 aliphatic heterocycles. The molecular formula is C33H41Cl2N3O8. The van der Waals surface area contributed by atoms with Gasteiger partial charge in [-0.1, -0.05) is 45.4 Å². The van der Waals surface area contributed by atoms with E-state index in [1.54, 1.807) is 12.1 Å². The van der Waals surface area contributed by atoms with Crippen LogP contribution in [0.25, 0.3) is 11.4 Å². The number of hydrogen-bond donors (Lipinski definition) is 1. The van der Waals surface area contributed by atoms with Gasteiger partial charge in [0.15, 0.2) is 5.82 Å². The Balaban J connectivity index is 1.70. The van der Waals surface area contributed by atoms with Crippen LogP contribution in [-0.4, -0.2) is 63.4 Å². The molecule has 2 unspecified atom stereocenters. The van der Waals surface area contributed by atoms with Gasteiger partial charge in [-0.2, -0.15) is 15.0 Å². The third-order valence-electron chi connectivity index (χ3n) is 6.77. The minimum Gasteiger partial charge on any atom is -0.507 e. The van der Waals surface area contributed by atoms with Gasteiger partial charge in [-0.25, -0.2) is 14.4 Å². The lowest BCUT2D eigenvalue weighted by Gasteiger charge is -2.21. The first-order valence-electron chi connectivity index (χ1n) is 15.1. The van der Waals surface area contributed by atoms with Gasteiger partial charge in [0, 0.05) is 24.3 Å². The number of unbranched alkanes of at least 4 members (excludes halogenated alkanes) is 5. The highest BCUT2D eigenvalue weighted by molar-refractivity contribution is 6.31. The topological polar surface area (TPSA) is 147 Å². The number of carbonyl (C=O) groups is 3. The predicted molar refractivity (Wildman–Crippen MR) is 175 cm³/mol. The summed E-state index contributed by atoms with van der Waals surface area (Å²) in [4.78, 5) is 46.6. The van der Waals surface area contributed by atoms with Crippen molar-refractivity contribution in [3.05, 3.63) is 66.7 Å². The summed E-state index contributed by atoms with van der Waals surface area (Å²) in [6.07, 6.45) is 10.9. The van der Waals surface area contributed by atoms with Crippen LogP contribution >= 0.6 is 23.2 Å². The molecule has 1 aromatic heterocycles. The maximum Gasteiger partial charge on any atom is 0.330 e. The maximum atomic E-state index is 11.9. The Hall–Kier alpha value is -3.96. The summed E-state index contributed by atoms with van der Waals surface area (Å²) in [5, 5.41) is 10.2. The van der Waals surface area contributed by atoms with E-state index in [9.17, 15) is 19.5 Å². The molecular weight excluding hydrogens is 637 g/mol. The summed E-state index contributed by atoms with van der Waals surface area (Å²) in [6.45, 7) is 11.0. The molecule has 1 heterocycles. The molecule has 0 saturated carbocycles. The molecule has 46 heavy (non-hydrogen) atoms. The second-order valence-electron chi connectivity index (χ2n) is 10.3. The van der Waals surface area contributed by atoms with E-state index in [0.29, 0.717) is 50.0 Å². The van der Waals surface area contributed by atoms with Crippen LogP contribution in [-0.2, 0) is 28.6 Å². The fourth-order valence-electron chi connectivity index (χ4n) is 4.47. The number of carbonyl (C=O) groups excluding carboxylic acids is 3. The molecule has 0 fully saturated rings. The van der Waals surface area contributed by atoms with Gasteiger partial charge in [0.1, 0.15) is 23.7 Å². The van der Waals surface area contributed by atoms with Crippen molar-refractivity contribution in [2.24, 2.45) is 0 Å². The van der Waals surface area contributed by atoms with Gasteiger partial charge < -0.3 is 24.1 Å². The van der Waals surface area contributed by atoms with E-state index in [1.165, 1.54) is 6.07 Å². The van der Waals surface area contributed by atoms with Crippen molar-refractivity contribution in [2.75, 3.05) is 13.2 Å². The number of phenols is 1. The van der Waals surface area contributed by atoms with Gasteiger partial charge in [-0.15, -0.1) is 0 Å². The first kappa shape index (κ1) is 38.2. The largest absolute Gasteiger partial charge is 0.507 e. The molecule has 2 atom stereocenters. The summed E-state index contributed by atoms with van der Waals surface area (Å²) in [5.74, 6) is -0.926. The van der Waals surface area contributed by atoms with Crippen LogP contribution in [0.5, 0.6) is 11.5 Å². The van der Waals surface area contributed by atoms with Gasteiger partial charge in [0.25, 0.3) is 0 Å². The molecule has 0 spiro atoms. The van der Waals surface area contributed by atoms with Crippen molar-refractivity contribution in [3.8, 4) is 22.9 Å². The first-order valence-corrected chi connectivity index (χ1v) is 15.9. The molecule has 250 valence electrons. The smallest absolute Gasteiger partial charge is 0.330 e. The van der Waals surface area contributed by atoms with Crippen molar-refractivity contribution in [3.63, 3.8) is 0 Å². The number of halogens is 2. The molecule has 1 N–H and O–H groups in total. The summed E-state index contributed by atoms with van der Waals surface area (Å²) in [7, 11) is 0. The van der Waals surface area contributed by atoms with E-state index < -0.39 is 24.0 Å². The van der Waals surface area contributed by atoms with E-state index in [1.807, 2.05) is 0 Å². The van der Waals surface area contributed by atoms with Gasteiger partial charge in [-0.05, 0) is 80.3 Å². The van der Waals surface area contributed by atoms with E-state index >= 15 is 0 Å². The standard InChI is InChI=1S/C33H41Cl2N3O8/c1-4-28(40)44-21-13-15-24(46-30(42)6-3)17-16-23(45-29(41)5-2)14-11-9-7-8-10-12-20-43-25-18-19-26(27(39)22-25)31-36-32(34)38-33(35)37-31/h4-6,18-19,22-24,39H,1-3,7-17,20-21H2. The quantitative estimate of drug-likeness (QED) is 0.0553. The van der Waals surface area contributed by atoms with Gasteiger partial charge >= 0.3 is 17.9 Å². The SMILES string of the molecule is C=CC(=O)OCCCC(CCC(CCCCCCCCOc1ccc(-c2nc(Cl)nc(Cl)n2)c(O)c1)OC(=O)C=C)OC(=O)C=C. The highest BCUT2D eigenvalue weighted by Gasteiger charge is 2.19. The number of aromatic hydroxyl groups is 1. The zero-order chi connectivity index (χ0) is 33.7. The number of nitrogens with zero attached hydrogens (tertiary/aromatic N) is 3. The summed E-state index contributed by atoms with van der Waals surface area (Å²) < 4.78 is 21.8. The van der Waals surface area contributed by atoms with Crippen molar-refractivity contribution < 1.29 is 38.4 Å². The number of rotatable bonds is 23. The van der Waals surface area contributed by atoms with Crippen LogP contribution in [0.3, 0.4) is 0 Å². The number of benzene rings is 1. The lowest BCUT2D eigenvalue weighted by molar-refractivity contribution is -0.148. The molecule has 0 saturated heterocycles. The van der Waals surface area contributed by atoms with Crippen molar-refractivity contribution in [2.45, 2.75) is 82.8 Å². The number of phenolic OH excluding ortho intramolecular Hbond substituents is 1. The molecule has 1 aromatic carbocycles. The fourth-order valence-corrected chi connectivity index (χ4v) is 4.83. The van der Waals surface area contributed by atoms with Crippen molar-refractivity contribution in [1.29, 1.82) is 0 Å². The van der Waals surface area contributed by atoms with Crippen LogP contribution in [0.15, 0.2) is 56.2 Å². The molecule has 2 rings (SSSR count). The summed E-state index contributed by atoms with van der Waals surface area (Å²) >= 11 is 11.7. The Morgan fingerprint density at radius 3 is 1.83 bits per heavy atom. The van der Waals surface area contributed by atoms with Crippen LogP contribution in [0.2, 0.25) is 10.6 Å². The highest BCUT2D eigenvalue weighted by atomic mass is 35.5. The van der Waals surface area contributed by atoms with Crippen LogP contribution in [0.4, 0.5) is 0 Å².